The number of para-hydroxylation sites is 1. The van der Waals surface area contributed by atoms with Crippen molar-refractivity contribution in [1.82, 2.24) is 4.90 Å². The van der Waals surface area contributed by atoms with E-state index in [0.717, 1.165) is 0 Å². The number of hydrogen-bond donors (Lipinski definition) is 2. The van der Waals surface area contributed by atoms with Gasteiger partial charge in [-0.15, -0.1) is 0 Å². The van der Waals surface area contributed by atoms with Gasteiger partial charge in [0, 0.05) is 6.54 Å². The quantitative estimate of drug-likeness (QED) is 0.853. The molecule has 2 atom stereocenters. The number of nitrogens with zero attached hydrogens (tertiary/aromatic N) is 1. The Balaban J connectivity index is 1.96. The van der Waals surface area contributed by atoms with Crippen LogP contribution in [0.2, 0.25) is 0 Å². The zero-order valence-corrected chi connectivity index (χ0v) is 12.0. The third kappa shape index (κ3) is 2.28. The molecule has 0 bridgehead atoms. The molecule has 2 heterocycles. The van der Waals surface area contributed by atoms with E-state index in [-0.39, 0.29) is 17.4 Å². The number of benzene rings is 1. The van der Waals surface area contributed by atoms with Crippen molar-refractivity contribution in [1.29, 1.82) is 0 Å². The average molecular weight is 304 g/mol. The van der Waals surface area contributed by atoms with Gasteiger partial charge in [0.1, 0.15) is 6.04 Å². The van der Waals surface area contributed by atoms with Crippen LogP contribution in [0.25, 0.3) is 0 Å². The maximum Gasteiger partial charge on any atom is 0.326 e. The van der Waals surface area contributed by atoms with E-state index in [1.54, 1.807) is 25.1 Å². The van der Waals surface area contributed by atoms with E-state index >= 15 is 0 Å². The van der Waals surface area contributed by atoms with Crippen LogP contribution in [-0.2, 0) is 9.59 Å². The lowest BCUT2D eigenvalue weighted by atomic mass is 10.1. The molecule has 0 spiro atoms. The van der Waals surface area contributed by atoms with Crippen molar-refractivity contribution in [2.75, 3.05) is 11.9 Å². The van der Waals surface area contributed by atoms with Gasteiger partial charge in [-0.05, 0) is 31.9 Å². The third-order valence-electron chi connectivity index (χ3n) is 3.97. The van der Waals surface area contributed by atoms with Crippen molar-refractivity contribution in [3.05, 3.63) is 23.8 Å². The summed E-state index contributed by atoms with van der Waals surface area (Å²) in [6.07, 6.45) is 0.408. The molecule has 0 saturated carbocycles. The lowest BCUT2D eigenvalue weighted by Crippen LogP contribution is -2.41. The highest BCUT2D eigenvalue weighted by Gasteiger charge is 2.37. The topological polar surface area (TPSA) is 95.9 Å². The van der Waals surface area contributed by atoms with Crippen molar-refractivity contribution in [3.63, 3.8) is 0 Å². The SMILES string of the molecule is CC1Oc2c(cccc2C(=O)N2CCCC2C(=O)O)NC1=O. The number of carbonyl (C=O) groups excluding carboxylic acids is 2. The van der Waals surface area contributed by atoms with Gasteiger partial charge >= 0.3 is 5.97 Å². The van der Waals surface area contributed by atoms with Crippen molar-refractivity contribution in [3.8, 4) is 5.75 Å². The summed E-state index contributed by atoms with van der Waals surface area (Å²) in [5.41, 5.74) is 0.706. The number of hydrogen-bond acceptors (Lipinski definition) is 4. The number of nitrogens with one attached hydrogen (secondary N) is 1. The van der Waals surface area contributed by atoms with Gasteiger partial charge in [-0.1, -0.05) is 6.07 Å². The van der Waals surface area contributed by atoms with Gasteiger partial charge in [0.15, 0.2) is 11.9 Å². The highest BCUT2D eigenvalue weighted by molar-refractivity contribution is 6.04. The van der Waals surface area contributed by atoms with Crippen LogP contribution in [0, 0.1) is 0 Å². The van der Waals surface area contributed by atoms with Crippen LogP contribution < -0.4 is 10.1 Å². The van der Waals surface area contributed by atoms with Crippen LogP contribution in [0.4, 0.5) is 5.69 Å². The second-order valence-electron chi connectivity index (χ2n) is 5.43. The Hall–Kier alpha value is -2.57. The molecule has 2 amide bonds. The maximum absolute atomic E-state index is 12.7. The Labute approximate surface area is 126 Å². The number of aliphatic carboxylic acids is 1. The Morgan fingerprint density at radius 2 is 2.18 bits per heavy atom. The molecule has 0 aromatic heterocycles. The minimum atomic E-state index is -1.00. The number of carboxylic acid groups (broad SMARTS) is 1. The standard InChI is InChI=1S/C15H16N2O5/c1-8-13(18)16-10-5-2-4-9(12(10)22-8)14(19)17-7-3-6-11(17)15(20)21/h2,4-5,8,11H,3,6-7H2,1H3,(H,16,18)(H,20,21). The molecule has 2 unspecified atom stereocenters. The van der Waals surface area contributed by atoms with E-state index < -0.39 is 18.1 Å². The van der Waals surface area contributed by atoms with Gasteiger partial charge in [-0.3, -0.25) is 9.59 Å². The van der Waals surface area contributed by atoms with Crippen LogP contribution in [0.3, 0.4) is 0 Å². The first-order valence-electron chi connectivity index (χ1n) is 7.13. The first-order chi connectivity index (χ1) is 10.5. The number of carbonyl (C=O) groups is 3. The molecule has 1 fully saturated rings. The van der Waals surface area contributed by atoms with Crippen molar-refractivity contribution in [2.24, 2.45) is 0 Å². The van der Waals surface area contributed by atoms with E-state index in [0.29, 0.717) is 30.8 Å². The number of ether oxygens (including phenoxy) is 1. The monoisotopic (exact) mass is 304 g/mol. The number of amides is 2. The van der Waals surface area contributed by atoms with Crippen LogP contribution >= 0.6 is 0 Å². The number of anilines is 1. The molecule has 2 aliphatic heterocycles. The summed E-state index contributed by atoms with van der Waals surface area (Å²) in [6, 6.07) is 4.06. The summed E-state index contributed by atoms with van der Waals surface area (Å²) in [4.78, 5) is 36.9. The fourth-order valence-corrected chi connectivity index (χ4v) is 2.82. The Kier molecular flexibility index (Phi) is 3.48. The van der Waals surface area contributed by atoms with Crippen LogP contribution in [0.1, 0.15) is 30.1 Å². The predicted molar refractivity (Wildman–Crippen MR) is 76.9 cm³/mol. The molecule has 2 N–H and O–H groups in total. The summed E-state index contributed by atoms with van der Waals surface area (Å²) < 4.78 is 5.54. The van der Waals surface area contributed by atoms with Gasteiger partial charge in [0.05, 0.1) is 11.3 Å². The zero-order chi connectivity index (χ0) is 15.9. The first kappa shape index (κ1) is 14.4. The fraction of sp³-hybridized carbons (Fsp3) is 0.400. The normalized spacial score (nSPS) is 23.5. The predicted octanol–water partition coefficient (Wildman–Crippen LogP) is 1.10. The average Bonchev–Trinajstić information content (AvgIpc) is 2.97. The Bertz CT molecular complexity index is 657. The summed E-state index contributed by atoms with van der Waals surface area (Å²) in [6.45, 7) is 2.00. The summed E-state index contributed by atoms with van der Waals surface area (Å²) in [5, 5.41) is 11.9. The fourth-order valence-electron chi connectivity index (χ4n) is 2.82. The van der Waals surface area contributed by atoms with Crippen molar-refractivity contribution in [2.45, 2.75) is 31.9 Å². The molecule has 2 aliphatic rings. The molecule has 1 saturated heterocycles. The van der Waals surface area contributed by atoms with Gasteiger partial charge in [0.25, 0.3) is 11.8 Å². The third-order valence-corrected chi connectivity index (χ3v) is 3.97. The van der Waals surface area contributed by atoms with E-state index in [4.69, 9.17) is 4.74 Å². The van der Waals surface area contributed by atoms with Crippen LogP contribution in [-0.4, -0.2) is 46.5 Å². The van der Waals surface area contributed by atoms with Crippen molar-refractivity contribution >= 4 is 23.5 Å². The van der Waals surface area contributed by atoms with E-state index in [1.807, 2.05) is 0 Å². The molecule has 7 heteroatoms. The minimum absolute atomic E-state index is 0.275. The Morgan fingerprint density at radius 3 is 2.91 bits per heavy atom. The lowest BCUT2D eigenvalue weighted by molar-refractivity contribution is -0.141. The molecular formula is C15H16N2O5. The van der Waals surface area contributed by atoms with Gasteiger partial charge < -0.3 is 20.1 Å². The smallest absolute Gasteiger partial charge is 0.326 e. The van der Waals surface area contributed by atoms with Crippen molar-refractivity contribution < 1.29 is 24.2 Å². The summed E-state index contributed by atoms with van der Waals surface area (Å²) in [5.74, 6) is -1.36. The molecule has 0 radical (unpaired) electrons. The van der Waals surface area contributed by atoms with Gasteiger partial charge in [-0.2, -0.15) is 0 Å². The number of likely N-dealkylation sites (tertiary alicyclic amines) is 1. The molecule has 1 aromatic rings. The van der Waals surface area contributed by atoms with Crippen LogP contribution in [0.5, 0.6) is 5.75 Å². The molecule has 0 aliphatic carbocycles. The second-order valence-corrected chi connectivity index (χ2v) is 5.43. The number of carboxylic acids is 1. The number of rotatable bonds is 2. The molecule has 7 nitrogen and oxygen atoms in total. The highest BCUT2D eigenvalue weighted by Crippen LogP contribution is 2.35. The maximum atomic E-state index is 12.7. The van der Waals surface area contributed by atoms with E-state index in [2.05, 4.69) is 5.32 Å². The zero-order valence-electron chi connectivity index (χ0n) is 12.0. The summed E-state index contributed by atoms with van der Waals surface area (Å²) in [7, 11) is 0. The second kappa shape index (κ2) is 5.32. The summed E-state index contributed by atoms with van der Waals surface area (Å²) >= 11 is 0. The lowest BCUT2D eigenvalue weighted by Gasteiger charge is -2.27. The van der Waals surface area contributed by atoms with Gasteiger partial charge in [-0.25, -0.2) is 4.79 Å². The van der Waals surface area contributed by atoms with Crippen LogP contribution in [0.15, 0.2) is 18.2 Å². The molecule has 1 aromatic carbocycles. The molecule has 22 heavy (non-hydrogen) atoms. The highest BCUT2D eigenvalue weighted by atomic mass is 16.5. The van der Waals surface area contributed by atoms with Gasteiger partial charge in [0.2, 0.25) is 0 Å². The largest absolute Gasteiger partial charge is 0.480 e. The van der Waals surface area contributed by atoms with E-state index in [9.17, 15) is 19.5 Å². The molecule has 116 valence electrons. The van der Waals surface area contributed by atoms with E-state index in [1.165, 1.54) is 4.90 Å². The Morgan fingerprint density at radius 1 is 1.41 bits per heavy atom. The molecule has 3 rings (SSSR count). The minimum Gasteiger partial charge on any atom is -0.480 e. The molecular weight excluding hydrogens is 288 g/mol. The first-order valence-corrected chi connectivity index (χ1v) is 7.13. The number of fused-ring (bicyclic) bond motifs is 1.